The molecule has 0 unspecified atom stereocenters. The number of unbranched alkanes of at least 4 members (excludes halogenated alkanes) is 10. The van der Waals surface area contributed by atoms with Crippen molar-refractivity contribution in [1.82, 2.24) is 5.32 Å². The molecular weight excluding hydrogens is 361 g/mol. The van der Waals surface area contributed by atoms with Crippen molar-refractivity contribution < 1.29 is 24.6 Å². The normalized spacial score (nSPS) is 11.4. The molecule has 6 nitrogen and oxygen atoms in total. The first-order valence-electron chi connectivity index (χ1n) is 9.71. The van der Waals surface area contributed by atoms with Crippen molar-refractivity contribution in [3.05, 3.63) is 0 Å². The number of carboxylic acids is 2. The minimum absolute atomic E-state index is 0. The molecule has 0 fully saturated rings. The quantitative estimate of drug-likeness (QED) is 0.257. The molecule has 147 valence electrons. The van der Waals surface area contributed by atoms with Gasteiger partial charge in [0.15, 0.2) is 0 Å². The molecule has 0 bridgehead atoms. The second-order valence-electron chi connectivity index (χ2n) is 6.68. The van der Waals surface area contributed by atoms with Crippen molar-refractivity contribution in [2.45, 2.75) is 103 Å². The smallest absolute Gasteiger partial charge is 0.326 e. The van der Waals surface area contributed by atoms with E-state index in [1.165, 1.54) is 51.4 Å². The number of carbonyl (C=O) groups excluding carboxylic acids is 1. The molecule has 0 spiro atoms. The van der Waals surface area contributed by atoms with Crippen molar-refractivity contribution in [1.29, 1.82) is 0 Å². The van der Waals surface area contributed by atoms with Crippen LogP contribution in [0.15, 0.2) is 0 Å². The standard InChI is InChI=1S/C19H35NO5.K/c1-2-3-4-5-6-7-8-9-10-11-12-13-17(21)20-16(19(24)25)14-15-18(22)23;/h16H,2-15H2,1H3,(H,20,21)(H,22,23)(H,24,25);/t16-;/m0./s1. The first kappa shape index (κ1) is 28.3. The zero-order valence-electron chi connectivity index (χ0n) is 16.6. The van der Waals surface area contributed by atoms with Gasteiger partial charge in [0.25, 0.3) is 0 Å². The molecule has 0 aliphatic rings. The van der Waals surface area contributed by atoms with E-state index in [0.717, 1.165) is 19.3 Å². The number of amides is 1. The van der Waals surface area contributed by atoms with E-state index in [9.17, 15) is 14.4 Å². The largest absolute Gasteiger partial charge is 0.481 e. The van der Waals surface area contributed by atoms with Gasteiger partial charge in [-0.25, -0.2) is 4.79 Å². The number of aliphatic carboxylic acids is 2. The van der Waals surface area contributed by atoms with Crippen LogP contribution in [-0.4, -0.2) is 85.5 Å². The molecule has 1 radical (unpaired) electrons. The first-order valence-corrected chi connectivity index (χ1v) is 9.71. The Balaban J connectivity index is 0. The van der Waals surface area contributed by atoms with Gasteiger partial charge in [0.2, 0.25) is 5.91 Å². The summed E-state index contributed by atoms with van der Waals surface area (Å²) in [6.07, 6.45) is 13.1. The number of carbonyl (C=O) groups is 3. The average Bonchev–Trinajstić information content (AvgIpc) is 2.56. The van der Waals surface area contributed by atoms with Crippen LogP contribution < -0.4 is 5.32 Å². The van der Waals surface area contributed by atoms with E-state index in [2.05, 4.69) is 12.2 Å². The van der Waals surface area contributed by atoms with E-state index in [-0.39, 0.29) is 70.1 Å². The summed E-state index contributed by atoms with van der Waals surface area (Å²) in [5, 5.41) is 20.0. The molecule has 0 aliphatic carbocycles. The molecule has 0 aliphatic heterocycles. The maximum Gasteiger partial charge on any atom is 0.326 e. The SMILES string of the molecule is CCCCCCCCCCCCCC(=O)N[C@@H](CCC(=O)O)C(=O)O.[K]. The Morgan fingerprint density at radius 3 is 1.65 bits per heavy atom. The summed E-state index contributed by atoms with van der Waals surface area (Å²) in [5.74, 6) is -2.56. The molecule has 1 amide bonds. The summed E-state index contributed by atoms with van der Waals surface area (Å²) in [6, 6.07) is -1.11. The van der Waals surface area contributed by atoms with Gasteiger partial charge in [-0.15, -0.1) is 0 Å². The topological polar surface area (TPSA) is 104 Å². The number of rotatable bonds is 17. The van der Waals surface area contributed by atoms with E-state index in [1.54, 1.807) is 0 Å². The second-order valence-corrected chi connectivity index (χ2v) is 6.68. The van der Waals surface area contributed by atoms with Crippen LogP contribution in [0.1, 0.15) is 96.8 Å². The first-order chi connectivity index (χ1) is 12.0. The minimum atomic E-state index is -1.19. The van der Waals surface area contributed by atoms with E-state index in [0.29, 0.717) is 6.42 Å². The summed E-state index contributed by atoms with van der Waals surface area (Å²) >= 11 is 0. The second kappa shape index (κ2) is 19.8. The van der Waals surface area contributed by atoms with Gasteiger partial charge in [0.1, 0.15) is 6.04 Å². The molecule has 0 aromatic carbocycles. The summed E-state index contributed by atoms with van der Waals surface area (Å²) < 4.78 is 0. The third-order valence-electron chi connectivity index (χ3n) is 4.29. The Bertz CT molecular complexity index is 390. The van der Waals surface area contributed by atoms with Crippen molar-refractivity contribution in [3.8, 4) is 0 Å². The number of hydrogen-bond donors (Lipinski definition) is 3. The van der Waals surface area contributed by atoms with Gasteiger partial charge < -0.3 is 15.5 Å². The van der Waals surface area contributed by atoms with E-state index in [1.807, 2.05) is 0 Å². The molecule has 3 N–H and O–H groups in total. The van der Waals surface area contributed by atoms with Crippen molar-refractivity contribution >= 4 is 69.2 Å². The van der Waals surface area contributed by atoms with Crippen molar-refractivity contribution in [2.75, 3.05) is 0 Å². The molecular formula is C19H35KNO5. The summed E-state index contributed by atoms with van der Waals surface area (Å²) in [5.41, 5.74) is 0. The van der Waals surface area contributed by atoms with Crippen LogP contribution in [0.3, 0.4) is 0 Å². The third-order valence-corrected chi connectivity index (χ3v) is 4.29. The number of hydrogen-bond acceptors (Lipinski definition) is 3. The molecule has 0 rings (SSSR count). The summed E-state index contributed by atoms with van der Waals surface area (Å²) in [4.78, 5) is 33.2. The van der Waals surface area contributed by atoms with E-state index in [4.69, 9.17) is 10.2 Å². The van der Waals surface area contributed by atoms with Crippen LogP contribution in [0.4, 0.5) is 0 Å². The van der Waals surface area contributed by atoms with Crippen LogP contribution >= 0.6 is 0 Å². The Morgan fingerprint density at radius 2 is 1.23 bits per heavy atom. The van der Waals surface area contributed by atoms with Crippen molar-refractivity contribution in [2.24, 2.45) is 0 Å². The van der Waals surface area contributed by atoms with Crippen LogP contribution in [0.5, 0.6) is 0 Å². The molecule has 0 aromatic rings. The van der Waals surface area contributed by atoms with Crippen LogP contribution in [0.2, 0.25) is 0 Å². The van der Waals surface area contributed by atoms with Gasteiger partial charge in [-0.1, -0.05) is 71.1 Å². The number of carboxylic acid groups (broad SMARTS) is 2. The zero-order chi connectivity index (χ0) is 18.9. The van der Waals surface area contributed by atoms with Gasteiger partial charge in [-0.05, 0) is 12.8 Å². The molecule has 0 saturated heterocycles. The van der Waals surface area contributed by atoms with Gasteiger partial charge in [-0.2, -0.15) is 0 Å². The molecule has 26 heavy (non-hydrogen) atoms. The van der Waals surface area contributed by atoms with Crippen LogP contribution in [-0.2, 0) is 14.4 Å². The molecule has 0 heterocycles. The summed E-state index contributed by atoms with van der Waals surface area (Å²) in [7, 11) is 0. The van der Waals surface area contributed by atoms with Gasteiger partial charge >= 0.3 is 11.9 Å². The Kier molecular flexibility index (Phi) is 21.5. The minimum Gasteiger partial charge on any atom is -0.481 e. The maximum atomic E-state index is 11.7. The Labute approximate surface area is 200 Å². The predicted molar refractivity (Wildman–Crippen MR) is 103 cm³/mol. The van der Waals surface area contributed by atoms with Gasteiger partial charge in [0.05, 0.1) is 0 Å². The predicted octanol–water partition coefficient (Wildman–Crippen LogP) is 3.74. The molecule has 1 atom stereocenters. The molecule has 0 saturated carbocycles. The Morgan fingerprint density at radius 1 is 0.769 bits per heavy atom. The maximum absolute atomic E-state index is 11.7. The van der Waals surface area contributed by atoms with Crippen molar-refractivity contribution in [3.63, 3.8) is 0 Å². The fourth-order valence-corrected chi connectivity index (χ4v) is 2.74. The monoisotopic (exact) mass is 396 g/mol. The number of nitrogens with one attached hydrogen (secondary N) is 1. The van der Waals surface area contributed by atoms with Crippen LogP contribution in [0.25, 0.3) is 0 Å². The van der Waals surface area contributed by atoms with E-state index < -0.39 is 18.0 Å². The molecule has 0 aromatic heterocycles. The summed E-state index contributed by atoms with van der Waals surface area (Å²) in [6.45, 7) is 2.22. The van der Waals surface area contributed by atoms with E-state index >= 15 is 0 Å². The fourth-order valence-electron chi connectivity index (χ4n) is 2.74. The zero-order valence-corrected chi connectivity index (χ0v) is 19.7. The average molecular weight is 397 g/mol. The van der Waals surface area contributed by atoms with Gasteiger partial charge in [0, 0.05) is 64.2 Å². The third kappa shape index (κ3) is 18.8. The molecule has 7 heteroatoms. The van der Waals surface area contributed by atoms with Gasteiger partial charge in [-0.3, -0.25) is 9.59 Å². The fraction of sp³-hybridized carbons (Fsp3) is 0.842. The van der Waals surface area contributed by atoms with Crippen LogP contribution in [0, 0.1) is 0 Å². The Hall–Kier alpha value is 0.0464.